The van der Waals surface area contributed by atoms with Crippen molar-refractivity contribution in [1.82, 2.24) is 9.97 Å². The highest BCUT2D eigenvalue weighted by molar-refractivity contribution is 9.10. The van der Waals surface area contributed by atoms with Crippen molar-refractivity contribution in [1.29, 1.82) is 0 Å². The predicted molar refractivity (Wildman–Crippen MR) is 77.3 cm³/mol. The van der Waals surface area contributed by atoms with Gasteiger partial charge in [0.2, 0.25) is 0 Å². The molecule has 0 aliphatic carbocycles. The van der Waals surface area contributed by atoms with Crippen LogP contribution in [0.2, 0.25) is 0 Å². The summed E-state index contributed by atoms with van der Waals surface area (Å²) in [6, 6.07) is 7.89. The van der Waals surface area contributed by atoms with Gasteiger partial charge in [0.05, 0.1) is 0 Å². The van der Waals surface area contributed by atoms with Crippen LogP contribution >= 0.6 is 15.9 Å². The fourth-order valence-electron chi connectivity index (χ4n) is 2.00. The van der Waals surface area contributed by atoms with Crippen molar-refractivity contribution in [3.63, 3.8) is 0 Å². The molecular weight excluding hydrogens is 308 g/mol. The third-order valence-electron chi connectivity index (χ3n) is 2.89. The zero-order valence-corrected chi connectivity index (χ0v) is 12.2. The van der Waals surface area contributed by atoms with Crippen molar-refractivity contribution in [2.24, 2.45) is 0 Å². The Morgan fingerprint density at radius 2 is 2.21 bits per heavy atom. The van der Waals surface area contributed by atoms with Gasteiger partial charge in [-0.25, -0.2) is 4.98 Å². The molecule has 4 nitrogen and oxygen atoms in total. The molecule has 0 saturated carbocycles. The third-order valence-corrected chi connectivity index (χ3v) is 3.39. The fraction of sp³-hybridized carbons (Fsp3) is 0.286. The Balaban J connectivity index is 2.29. The lowest BCUT2D eigenvalue weighted by Crippen LogP contribution is -2.20. The average molecular weight is 323 g/mol. The molecule has 1 heterocycles. The number of benzene rings is 1. The maximum Gasteiger partial charge on any atom is 0.254 e. The molecule has 0 bridgehead atoms. The van der Waals surface area contributed by atoms with E-state index in [-0.39, 0.29) is 12.2 Å². The summed E-state index contributed by atoms with van der Waals surface area (Å²) in [5, 5.41) is 8.92. The van der Waals surface area contributed by atoms with Gasteiger partial charge in [-0.3, -0.25) is 4.79 Å². The van der Waals surface area contributed by atoms with E-state index < -0.39 is 0 Å². The second-order valence-electron chi connectivity index (χ2n) is 4.36. The molecular formula is C14H15BrN2O2. The second kappa shape index (κ2) is 6.12. The summed E-state index contributed by atoms with van der Waals surface area (Å²) in [5.74, 6) is 0.641. The van der Waals surface area contributed by atoms with Gasteiger partial charge < -0.3 is 10.1 Å². The zero-order chi connectivity index (χ0) is 13.8. The van der Waals surface area contributed by atoms with Gasteiger partial charge in [0, 0.05) is 35.2 Å². The molecule has 0 radical (unpaired) electrons. The summed E-state index contributed by atoms with van der Waals surface area (Å²) in [7, 11) is 0. The number of aryl methyl sites for hydroxylation is 1. The number of nitrogens with one attached hydrogen (secondary N) is 1. The van der Waals surface area contributed by atoms with Crippen molar-refractivity contribution in [3.05, 3.63) is 61.7 Å². The summed E-state index contributed by atoms with van der Waals surface area (Å²) in [4.78, 5) is 19.1. The number of hydrogen-bond acceptors (Lipinski definition) is 3. The Morgan fingerprint density at radius 1 is 1.42 bits per heavy atom. The van der Waals surface area contributed by atoms with E-state index in [1.807, 2.05) is 24.3 Å². The van der Waals surface area contributed by atoms with Gasteiger partial charge in [-0.1, -0.05) is 28.1 Å². The molecule has 0 atom stereocenters. The fourth-order valence-corrected chi connectivity index (χ4v) is 2.45. The normalized spacial score (nSPS) is 10.7. The number of hydrogen-bond donors (Lipinski definition) is 2. The first-order valence-corrected chi connectivity index (χ1v) is 6.83. The summed E-state index contributed by atoms with van der Waals surface area (Å²) in [6.07, 6.45) is 0.917. The topological polar surface area (TPSA) is 66.0 Å². The van der Waals surface area contributed by atoms with Gasteiger partial charge in [-0.05, 0) is 24.6 Å². The lowest BCUT2D eigenvalue weighted by Gasteiger charge is -2.06. The SMILES string of the molecule is Cc1nc(Cc2cccc(Br)c2)[nH]c(=O)c1CCO. The van der Waals surface area contributed by atoms with Crippen molar-refractivity contribution in [3.8, 4) is 0 Å². The highest BCUT2D eigenvalue weighted by Crippen LogP contribution is 2.13. The van der Waals surface area contributed by atoms with E-state index in [0.29, 0.717) is 29.9 Å². The third kappa shape index (κ3) is 3.52. The monoisotopic (exact) mass is 322 g/mol. The minimum Gasteiger partial charge on any atom is -0.396 e. The first-order chi connectivity index (χ1) is 9.10. The summed E-state index contributed by atoms with van der Waals surface area (Å²) >= 11 is 3.42. The van der Waals surface area contributed by atoms with E-state index in [1.165, 1.54) is 0 Å². The van der Waals surface area contributed by atoms with Crippen LogP contribution < -0.4 is 5.56 Å². The van der Waals surface area contributed by atoms with Gasteiger partial charge in [-0.2, -0.15) is 0 Å². The van der Waals surface area contributed by atoms with Crippen LogP contribution in [-0.4, -0.2) is 21.7 Å². The molecule has 2 N–H and O–H groups in total. The van der Waals surface area contributed by atoms with E-state index in [1.54, 1.807) is 6.92 Å². The maximum atomic E-state index is 11.9. The van der Waals surface area contributed by atoms with E-state index >= 15 is 0 Å². The molecule has 5 heteroatoms. The zero-order valence-electron chi connectivity index (χ0n) is 10.6. The molecule has 19 heavy (non-hydrogen) atoms. The molecule has 100 valence electrons. The Bertz CT molecular complexity index is 638. The maximum absolute atomic E-state index is 11.9. The van der Waals surface area contributed by atoms with E-state index in [0.717, 1.165) is 10.0 Å². The number of aliphatic hydroxyl groups is 1. The number of rotatable bonds is 4. The first kappa shape index (κ1) is 14.0. The van der Waals surface area contributed by atoms with Crippen molar-refractivity contribution in [2.75, 3.05) is 6.61 Å². The van der Waals surface area contributed by atoms with Gasteiger partial charge in [0.25, 0.3) is 5.56 Å². The lowest BCUT2D eigenvalue weighted by atomic mass is 10.1. The van der Waals surface area contributed by atoms with Crippen molar-refractivity contribution >= 4 is 15.9 Å². The highest BCUT2D eigenvalue weighted by Gasteiger charge is 2.08. The highest BCUT2D eigenvalue weighted by atomic mass is 79.9. The number of H-pyrrole nitrogens is 1. The van der Waals surface area contributed by atoms with Crippen molar-refractivity contribution < 1.29 is 5.11 Å². The van der Waals surface area contributed by atoms with Crippen LogP contribution in [-0.2, 0) is 12.8 Å². The van der Waals surface area contributed by atoms with E-state index in [2.05, 4.69) is 25.9 Å². The van der Waals surface area contributed by atoms with Gasteiger partial charge in [0.15, 0.2) is 0 Å². The van der Waals surface area contributed by atoms with E-state index in [9.17, 15) is 4.79 Å². The molecule has 0 amide bonds. The molecule has 0 unspecified atom stereocenters. The number of aliphatic hydroxyl groups excluding tert-OH is 1. The Kier molecular flexibility index (Phi) is 4.50. The minimum absolute atomic E-state index is 0.0451. The van der Waals surface area contributed by atoms with Gasteiger partial charge >= 0.3 is 0 Å². The predicted octanol–water partition coefficient (Wildman–Crippen LogP) is 1.97. The molecule has 0 aliphatic rings. The van der Waals surface area contributed by atoms with Crippen LogP contribution in [0.15, 0.2) is 33.5 Å². The number of aromatic nitrogens is 2. The molecule has 1 aromatic heterocycles. The van der Waals surface area contributed by atoms with E-state index in [4.69, 9.17) is 5.11 Å². The van der Waals surface area contributed by atoms with Crippen LogP contribution in [0.5, 0.6) is 0 Å². The Morgan fingerprint density at radius 3 is 2.84 bits per heavy atom. The van der Waals surface area contributed by atoms with Crippen molar-refractivity contribution in [2.45, 2.75) is 19.8 Å². The molecule has 0 fully saturated rings. The lowest BCUT2D eigenvalue weighted by molar-refractivity contribution is 0.298. The first-order valence-electron chi connectivity index (χ1n) is 6.04. The Hall–Kier alpha value is -1.46. The summed E-state index contributed by atoms with van der Waals surface area (Å²) < 4.78 is 1.00. The van der Waals surface area contributed by atoms with Crippen LogP contribution in [0.1, 0.15) is 22.6 Å². The Labute approximate surface area is 119 Å². The molecule has 1 aromatic carbocycles. The number of halogens is 1. The van der Waals surface area contributed by atoms with Crippen LogP contribution in [0.3, 0.4) is 0 Å². The standard InChI is InChI=1S/C14H15BrN2O2/c1-9-12(5-6-18)14(19)17-13(16-9)8-10-3-2-4-11(15)7-10/h2-4,7,18H,5-6,8H2,1H3,(H,16,17,19). The molecule has 0 spiro atoms. The number of aromatic amines is 1. The van der Waals surface area contributed by atoms with Crippen LogP contribution in [0, 0.1) is 6.92 Å². The quantitative estimate of drug-likeness (QED) is 0.904. The minimum atomic E-state index is -0.161. The molecule has 2 rings (SSSR count). The second-order valence-corrected chi connectivity index (χ2v) is 5.27. The van der Waals surface area contributed by atoms with Crippen LogP contribution in [0.4, 0.5) is 0 Å². The van der Waals surface area contributed by atoms with Crippen LogP contribution in [0.25, 0.3) is 0 Å². The smallest absolute Gasteiger partial charge is 0.254 e. The average Bonchev–Trinajstić information content (AvgIpc) is 2.34. The summed E-state index contributed by atoms with van der Waals surface area (Å²) in [6.45, 7) is 1.75. The molecule has 0 aliphatic heterocycles. The van der Waals surface area contributed by atoms with Gasteiger partial charge in [0.1, 0.15) is 5.82 Å². The largest absolute Gasteiger partial charge is 0.396 e. The molecule has 2 aromatic rings. The van der Waals surface area contributed by atoms with Gasteiger partial charge in [-0.15, -0.1) is 0 Å². The summed E-state index contributed by atoms with van der Waals surface area (Å²) in [5.41, 5.74) is 2.15. The molecule has 0 saturated heterocycles. The number of nitrogens with zero attached hydrogens (tertiary/aromatic N) is 1.